The summed E-state index contributed by atoms with van der Waals surface area (Å²) in [5, 5.41) is 5.32. The van der Waals surface area contributed by atoms with E-state index in [1.807, 2.05) is 0 Å². The summed E-state index contributed by atoms with van der Waals surface area (Å²) in [7, 11) is 2.94. The van der Waals surface area contributed by atoms with Crippen molar-refractivity contribution in [1.82, 2.24) is 0 Å². The lowest BCUT2D eigenvalue weighted by atomic mass is 9.79. The third kappa shape index (κ3) is 11.7. The van der Waals surface area contributed by atoms with E-state index >= 15 is 0 Å². The number of unbranched alkanes of at least 4 members (excludes halogenated alkanes) is 14. The number of rotatable bonds is 24. The summed E-state index contributed by atoms with van der Waals surface area (Å²) in [6.45, 7) is 11.7. The van der Waals surface area contributed by atoms with Crippen LogP contribution >= 0.6 is 0 Å². The Kier molecular flexibility index (Phi) is 18.5. The van der Waals surface area contributed by atoms with Crippen molar-refractivity contribution in [3.05, 3.63) is 108 Å². The summed E-state index contributed by atoms with van der Waals surface area (Å²) < 4.78 is 12.2. The van der Waals surface area contributed by atoms with Crippen molar-refractivity contribution in [2.45, 2.75) is 154 Å². The molecule has 62 heavy (non-hydrogen) atoms. The number of fused-ring (bicyclic) bond motifs is 6. The van der Waals surface area contributed by atoms with Crippen LogP contribution in [0.5, 0.6) is 0 Å². The molecule has 0 unspecified atom stereocenters. The molecule has 6 nitrogen and oxygen atoms in total. The van der Waals surface area contributed by atoms with Crippen molar-refractivity contribution in [1.29, 1.82) is 0 Å². The van der Waals surface area contributed by atoms with Crippen LogP contribution in [-0.2, 0) is 29.9 Å². The van der Waals surface area contributed by atoms with E-state index in [9.17, 15) is 9.59 Å². The molecule has 4 aromatic rings. The maximum atomic E-state index is 11.4. The quantitative estimate of drug-likeness (QED) is 0.0398. The Morgan fingerprint density at radius 3 is 1.63 bits per heavy atom. The highest BCUT2D eigenvalue weighted by atomic mass is 79.9. The molecule has 0 saturated heterocycles. The Bertz CT molecular complexity index is 2220. The predicted molar refractivity (Wildman–Crippen MR) is 255 cm³/mol. The minimum Gasteiger partial charge on any atom is -1.00 e. The third-order valence-electron chi connectivity index (χ3n) is 13.5. The van der Waals surface area contributed by atoms with Gasteiger partial charge in [0.2, 0.25) is 5.69 Å². The van der Waals surface area contributed by atoms with Gasteiger partial charge in [-0.25, -0.2) is 0 Å². The van der Waals surface area contributed by atoms with E-state index in [0.717, 1.165) is 51.6 Å². The molecule has 0 saturated carbocycles. The van der Waals surface area contributed by atoms with Crippen LogP contribution in [0.4, 0.5) is 11.4 Å². The van der Waals surface area contributed by atoms with E-state index in [-0.39, 0.29) is 39.8 Å². The van der Waals surface area contributed by atoms with Gasteiger partial charge in [-0.2, -0.15) is 4.58 Å². The maximum absolute atomic E-state index is 11.4. The van der Waals surface area contributed by atoms with Crippen LogP contribution in [0.2, 0.25) is 0 Å². The molecule has 4 aromatic carbocycles. The molecular formula is C55H73BrN2O4. The molecule has 7 heteroatoms. The second kappa shape index (κ2) is 23.5. The standard InChI is InChI=1S/C55H73N2O4.BrH/c1-54(2)48(56(46-38-36-42-28-21-23-30-44(42)52(46)54)40-25-17-13-9-7-11-15-19-34-50(58)60-5)32-27-33-49-55(3,4)53-45-31-24-22-29-43(45)37-39-47(53)57(49)41-26-18-14-10-8-12-16-20-35-51(59)61-6;/h21-24,27-33,36-39H,7-20,25-26,34-35,40-41H2,1-6H3;1H/q+1;/p-1. The molecule has 0 amide bonds. The van der Waals surface area contributed by atoms with Gasteiger partial charge in [-0.15, -0.1) is 0 Å². The van der Waals surface area contributed by atoms with Gasteiger partial charge in [0.15, 0.2) is 5.71 Å². The number of benzene rings is 4. The first-order valence-corrected chi connectivity index (χ1v) is 23.6. The number of nitrogens with zero attached hydrogens (tertiary/aromatic N) is 2. The van der Waals surface area contributed by atoms with Crippen molar-refractivity contribution in [3.8, 4) is 0 Å². The number of allylic oxidation sites excluding steroid dienone is 4. The minimum absolute atomic E-state index is 0. The van der Waals surface area contributed by atoms with Crippen LogP contribution in [0.3, 0.4) is 0 Å². The smallest absolute Gasteiger partial charge is 0.305 e. The lowest BCUT2D eigenvalue weighted by Crippen LogP contribution is -3.00. The fraction of sp³-hybridized carbons (Fsp3) is 0.509. The Balaban J connectivity index is 0.00000726. The molecule has 0 spiro atoms. The van der Waals surface area contributed by atoms with Crippen LogP contribution in [-0.4, -0.2) is 49.5 Å². The van der Waals surface area contributed by atoms with Crippen LogP contribution < -0.4 is 21.9 Å². The summed E-state index contributed by atoms with van der Waals surface area (Å²) in [5.74, 6) is -0.191. The van der Waals surface area contributed by atoms with Gasteiger partial charge < -0.3 is 31.4 Å². The first-order chi connectivity index (χ1) is 29.6. The maximum Gasteiger partial charge on any atom is 0.305 e. The van der Waals surface area contributed by atoms with Crippen molar-refractivity contribution in [2.75, 3.05) is 32.2 Å². The number of hydrogen-bond acceptors (Lipinski definition) is 5. The molecular weight excluding hydrogens is 833 g/mol. The predicted octanol–water partition coefficient (Wildman–Crippen LogP) is 11.0. The zero-order valence-electron chi connectivity index (χ0n) is 38.7. The summed E-state index contributed by atoms with van der Waals surface area (Å²) in [5.41, 5.74) is 8.02. The number of halogens is 1. The largest absolute Gasteiger partial charge is 1.00 e. The first-order valence-electron chi connectivity index (χ1n) is 23.6. The monoisotopic (exact) mass is 904 g/mol. The number of anilines is 1. The number of hydrogen-bond donors (Lipinski definition) is 0. The van der Waals surface area contributed by atoms with Gasteiger partial charge in [0.25, 0.3) is 0 Å². The number of methoxy groups -OCH3 is 2. The molecule has 0 atom stereocenters. The lowest BCUT2D eigenvalue weighted by Gasteiger charge is -2.27. The van der Waals surface area contributed by atoms with Crippen molar-refractivity contribution >= 4 is 50.6 Å². The van der Waals surface area contributed by atoms with Gasteiger partial charge >= 0.3 is 11.9 Å². The van der Waals surface area contributed by atoms with Gasteiger partial charge in [0.1, 0.15) is 6.54 Å². The fourth-order valence-corrected chi connectivity index (χ4v) is 10.2. The highest BCUT2D eigenvalue weighted by molar-refractivity contribution is 6.07. The van der Waals surface area contributed by atoms with E-state index in [0.29, 0.717) is 12.8 Å². The third-order valence-corrected chi connectivity index (χ3v) is 13.5. The van der Waals surface area contributed by atoms with Gasteiger partial charge in [-0.05, 0) is 84.8 Å². The van der Waals surface area contributed by atoms with E-state index in [4.69, 9.17) is 9.47 Å². The average molecular weight is 906 g/mol. The van der Waals surface area contributed by atoms with E-state index in [1.54, 1.807) is 0 Å². The van der Waals surface area contributed by atoms with Crippen LogP contribution in [0.1, 0.15) is 154 Å². The first kappa shape index (κ1) is 48.8. The fourth-order valence-electron chi connectivity index (χ4n) is 10.2. The van der Waals surface area contributed by atoms with Crippen molar-refractivity contribution in [2.24, 2.45) is 0 Å². The SMILES string of the molecule is COC(=O)CCCCCCCCCCN1/C(=C\C=C\C2=[N+](CCCCCCCCCCC(=O)OC)c3ccc4ccccc4c3C2(C)C)C(C)(C)c2c1ccc1ccccc21.[Br-]. The van der Waals surface area contributed by atoms with E-state index in [2.05, 4.69) is 128 Å². The molecule has 334 valence electrons. The number of ether oxygens (including phenoxy) is 2. The van der Waals surface area contributed by atoms with Crippen LogP contribution in [0.25, 0.3) is 21.5 Å². The second-order valence-electron chi connectivity index (χ2n) is 18.5. The van der Waals surface area contributed by atoms with Gasteiger partial charge in [-0.1, -0.05) is 145 Å². The summed E-state index contributed by atoms with van der Waals surface area (Å²) >= 11 is 0. The zero-order valence-corrected chi connectivity index (χ0v) is 40.3. The highest BCUT2D eigenvalue weighted by Crippen LogP contribution is 2.51. The molecule has 2 heterocycles. The topological polar surface area (TPSA) is 58.8 Å². The minimum atomic E-state index is -0.152. The Morgan fingerprint density at radius 2 is 1.06 bits per heavy atom. The summed E-state index contributed by atoms with van der Waals surface area (Å²) in [4.78, 5) is 25.5. The Hall–Kier alpha value is -4.23. The second-order valence-corrected chi connectivity index (χ2v) is 18.5. The van der Waals surface area contributed by atoms with Gasteiger partial charge in [0.05, 0.1) is 19.6 Å². The van der Waals surface area contributed by atoms with Gasteiger partial charge in [0, 0.05) is 60.3 Å². The number of carbonyl (C=O) groups is 2. The number of carbonyl (C=O) groups excluding carboxylic acids is 2. The Labute approximate surface area is 383 Å². The average Bonchev–Trinajstić information content (AvgIpc) is 3.62. The molecule has 0 bridgehead atoms. The lowest BCUT2D eigenvalue weighted by molar-refractivity contribution is -0.438. The molecule has 0 N–H and O–H groups in total. The molecule has 0 fully saturated rings. The van der Waals surface area contributed by atoms with Crippen LogP contribution in [0, 0.1) is 0 Å². The van der Waals surface area contributed by atoms with Gasteiger partial charge in [-0.3, -0.25) is 9.59 Å². The normalized spacial score (nSPS) is 15.7. The van der Waals surface area contributed by atoms with Crippen molar-refractivity contribution < 1.29 is 40.6 Å². The van der Waals surface area contributed by atoms with E-state index < -0.39 is 0 Å². The number of esters is 2. The van der Waals surface area contributed by atoms with Crippen molar-refractivity contribution in [3.63, 3.8) is 0 Å². The molecule has 2 aliphatic rings. The van der Waals surface area contributed by atoms with Crippen LogP contribution in [0.15, 0.2) is 96.7 Å². The summed E-state index contributed by atoms with van der Waals surface area (Å²) in [6, 6.07) is 27.1. The van der Waals surface area contributed by atoms with E-state index in [1.165, 1.54) is 134 Å². The highest BCUT2D eigenvalue weighted by Gasteiger charge is 2.45. The molecule has 0 radical (unpaired) electrons. The Morgan fingerprint density at radius 1 is 0.581 bits per heavy atom. The molecule has 2 aliphatic heterocycles. The molecule has 0 aliphatic carbocycles. The molecule has 6 rings (SSSR count). The summed E-state index contributed by atoms with van der Waals surface area (Å²) in [6.07, 6.45) is 26.9. The zero-order chi connectivity index (χ0) is 43.2. The molecule has 0 aromatic heterocycles.